The van der Waals surface area contributed by atoms with Gasteiger partial charge in [0.05, 0.1) is 22.9 Å². The minimum Gasteiger partial charge on any atom is -0.475 e. The number of hydrogen-bond acceptors (Lipinski definition) is 11. The second kappa shape index (κ2) is 10.7. The van der Waals surface area contributed by atoms with Gasteiger partial charge in [0.25, 0.3) is 5.91 Å². The number of anilines is 1. The van der Waals surface area contributed by atoms with Gasteiger partial charge >= 0.3 is 0 Å². The molecular weight excluding hydrogens is 520 g/mol. The highest BCUT2D eigenvalue weighted by Crippen LogP contribution is 2.33. The van der Waals surface area contributed by atoms with Crippen LogP contribution in [-0.4, -0.2) is 70.9 Å². The molecule has 2 saturated carbocycles. The minimum absolute atomic E-state index is 0.0454. The zero-order chi connectivity index (χ0) is 26.0. The van der Waals surface area contributed by atoms with Gasteiger partial charge in [0.15, 0.2) is 20.7 Å². The Hall–Kier alpha value is -3.13. The minimum atomic E-state index is -3.37. The van der Waals surface area contributed by atoms with Crippen molar-refractivity contribution in [3.05, 3.63) is 42.0 Å². The largest absolute Gasteiger partial charge is 0.475 e. The summed E-state index contributed by atoms with van der Waals surface area (Å²) in [6.45, 7) is -0.0271. The predicted molar refractivity (Wildman–Crippen MR) is 137 cm³/mol. The molecule has 0 bridgehead atoms. The van der Waals surface area contributed by atoms with Crippen molar-refractivity contribution < 1.29 is 33.0 Å². The van der Waals surface area contributed by atoms with Gasteiger partial charge in [0.2, 0.25) is 5.88 Å². The summed E-state index contributed by atoms with van der Waals surface area (Å²) in [5, 5.41) is 25.5. The highest BCUT2D eigenvalue weighted by molar-refractivity contribution is 7.92. The van der Waals surface area contributed by atoms with Crippen LogP contribution in [0, 0.1) is 0 Å². The van der Waals surface area contributed by atoms with Gasteiger partial charge in [-0.05, 0) is 43.9 Å². The molecule has 2 aliphatic rings. The number of amides is 1. The molecule has 11 nitrogen and oxygen atoms in total. The highest BCUT2D eigenvalue weighted by atomic mass is 32.2. The number of carbonyl (C=O) groups is 1. The molecule has 2 aromatic heterocycles. The fourth-order valence-electron chi connectivity index (χ4n) is 3.98. The van der Waals surface area contributed by atoms with Gasteiger partial charge in [-0.15, -0.1) is 0 Å². The van der Waals surface area contributed by atoms with Gasteiger partial charge in [-0.2, -0.15) is 0 Å². The topological polar surface area (TPSA) is 160 Å². The van der Waals surface area contributed by atoms with Crippen molar-refractivity contribution in [3.8, 4) is 5.88 Å². The quantitative estimate of drug-likeness (QED) is 0.256. The van der Waals surface area contributed by atoms with E-state index in [2.05, 4.69) is 20.4 Å². The average Bonchev–Trinajstić information content (AvgIpc) is 3.56. The van der Waals surface area contributed by atoms with E-state index < -0.39 is 21.8 Å². The number of thiazole rings is 1. The SMILES string of the molecule is O=C(Nc1nc2ccc(OCCO)nc2s1)C(=NO[C@@H]1CC[C@@H](O)C1)c1ccc(S(=O)(=O)C2CC2)cc1. The number of ether oxygens (including phenoxy) is 1. The number of aliphatic hydroxyl groups excluding tert-OH is 2. The van der Waals surface area contributed by atoms with Crippen LogP contribution >= 0.6 is 11.3 Å². The summed E-state index contributed by atoms with van der Waals surface area (Å²) in [7, 11) is -3.37. The van der Waals surface area contributed by atoms with E-state index in [0.717, 1.165) is 11.3 Å². The number of aromatic nitrogens is 2. The summed E-state index contributed by atoms with van der Waals surface area (Å²) >= 11 is 1.14. The van der Waals surface area contributed by atoms with Crippen molar-refractivity contribution >= 4 is 48.3 Å². The summed E-state index contributed by atoms with van der Waals surface area (Å²) in [5.74, 6) is -0.258. The van der Waals surface area contributed by atoms with E-state index in [4.69, 9.17) is 14.7 Å². The monoisotopic (exact) mass is 546 g/mol. The lowest BCUT2D eigenvalue weighted by atomic mass is 10.1. The Balaban J connectivity index is 1.38. The van der Waals surface area contributed by atoms with Crippen LogP contribution in [0.1, 0.15) is 37.7 Å². The predicted octanol–water partition coefficient (Wildman–Crippen LogP) is 2.27. The van der Waals surface area contributed by atoms with E-state index in [9.17, 15) is 18.3 Å². The van der Waals surface area contributed by atoms with Crippen molar-refractivity contribution in [2.75, 3.05) is 18.5 Å². The fraction of sp³-hybridized carbons (Fsp3) is 0.417. The number of fused-ring (bicyclic) bond motifs is 1. The first-order valence-corrected chi connectivity index (χ1v) is 14.3. The molecule has 0 unspecified atom stereocenters. The van der Waals surface area contributed by atoms with Crippen LogP contribution in [0.25, 0.3) is 10.3 Å². The van der Waals surface area contributed by atoms with E-state index in [1.54, 1.807) is 12.1 Å². The standard InChI is InChI=1S/C24H26N4O7S2/c29-11-12-34-20-10-9-19-23(26-20)36-24(25-19)27-22(31)21(28-35-16-4-3-15(30)13-16)14-1-5-17(6-2-14)37(32,33)18-7-8-18/h1-2,5-6,9-10,15-16,18,29-30H,3-4,7-8,11-13H2,(H,25,27,31)/t15-,16-/m1/s1. The Morgan fingerprint density at radius 3 is 2.57 bits per heavy atom. The van der Waals surface area contributed by atoms with Crippen molar-refractivity contribution in [1.82, 2.24) is 9.97 Å². The molecule has 2 aliphatic carbocycles. The molecule has 3 aromatic rings. The van der Waals surface area contributed by atoms with Gasteiger partial charge in [0.1, 0.15) is 23.1 Å². The summed E-state index contributed by atoms with van der Waals surface area (Å²) in [6, 6.07) is 9.33. The molecule has 0 saturated heterocycles. The second-order valence-corrected chi connectivity index (χ2v) is 12.1. The Morgan fingerprint density at radius 2 is 1.89 bits per heavy atom. The average molecular weight is 547 g/mol. The molecule has 0 spiro atoms. The molecule has 2 heterocycles. The molecule has 1 aromatic carbocycles. The molecule has 2 fully saturated rings. The highest BCUT2D eigenvalue weighted by Gasteiger charge is 2.37. The summed E-state index contributed by atoms with van der Waals surface area (Å²) in [6.07, 6.45) is 2.16. The molecule has 0 aliphatic heterocycles. The number of nitrogens with one attached hydrogen (secondary N) is 1. The van der Waals surface area contributed by atoms with Crippen LogP contribution in [0.15, 0.2) is 46.4 Å². The van der Waals surface area contributed by atoms with E-state index in [0.29, 0.717) is 53.9 Å². The third-order valence-corrected chi connectivity index (χ3v) is 9.23. The van der Waals surface area contributed by atoms with Gasteiger partial charge in [0, 0.05) is 18.1 Å². The Morgan fingerprint density at radius 1 is 1.11 bits per heavy atom. The number of nitrogens with zero attached hydrogens (tertiary/aromatic N) is 3. The maximum Gasteiger partial charge on any atom is 0.280 e. The first-order valence-electron chi connectivity index (χ1n) is 11.9. The number of rotatable bonds is 10. The van der Waals surface area contributed by atoms with Crippen LogP contribution in [-0.2, 0) is 19.5 Å². The molecule has 0 radical (unpaired) electrons. The number of benzene rings is 1. The maximum atomic E-state index is 13.3. The summed E-state index contributed by atoms with van der Waals surface area (Å²) in [5.41, 5.74) is 0.890. The third-order valence-electron chi connectivity index (χ3n) is 6.08. The van der Waals surface area contributed by atoms with E-state index >= 15 is 0 Å². The van der Waals surface area contributed by atoms with Gasteiger partial charge in [-0.25, -0.2) is 18.4 Å². The van der Waals surface area contributed by atoms with Gasteiger partial charge < -0.3 is 19.8 Å². The molecule has 5 rings (SSSR count). The molecule has 37 heavy (non-hydrogen) atoms. The van der Waals surface area contributed by atoms with Gasteiger partial charge in [-0.3, -0.25) is 10.1 Å². The first kappa shape index (κ1) is 25.5. The summed E-state index contributed by atoms with van der Waals surface area (Å²) < 4.78 is 30.4. The lowest BCUT2D eigenvalue weighted by Crippen LogP contribution is -2.25. The maximum absolute atomic E-state index is 13.3. The third kappa shape index (κ3) is 5.90. The normalized spacial score (nSPS) is 20.2. The lowest BCUT2D eigenvalue weighted by Gasteiger charge is -2.11. The van der Waals surface area contributed by atoms with E-state index in [1.807, 2.05) is 0 Å². The van der Waals surface area contributed by atoms with E-state index in [1.165, 1.54) is 24.3 Å². The van der Waals surface area contributed by atoms with Crippen LogP contribution < -0.4 is 10.1 Å². The Kier molecular flexibility index (Phi) is 7.38. The Bertz CT molecular complexity index is 1420. The number of oxime groups is 1. The van der Waals surface area contributed by atoms with Crippen LogP contribution in [0.4, 0.5) is 5.13 Å². The number of sulfone groups is 1. The first-order chi connectivity index (χ1) is 17.8. The van der Waals surface area contributed by atoms with Crippen molar-refractivity contribution in [2.45, 2.75) is 54.5 Å². The number of carbonyl (C=O) groups excluding carboxylic acids is 1. The van der Waals surface area contributed by atoms with Crippen LogP contribution in [0.5, 0.6) is 5.88 Å². The second-order valence-electron chi connectivity index (χ2n) is 8.92. The molecule has 2 atom stereocenters. The van der Waals surface area contributed by atoms with Crippen molar-refractivity contribution in [1.29, 1.82) is 0 Å². The number of pyridine rings is 1. The smallest absolute Gasteiger partial charge is 0.280 e. The van der Waals surface area contributed by atoms with Crippen LogP contribution in [0.3, 0.4) is 0 Å². The van der Waals surface area contributed by atoms with Gasteiger partial charge in [-0.1, -0.05) is 28.6 Å². The van der Waals surface area contributed by atoms with Crippen molar-refractivity contribution in [2.24, 2.45) is 5.16 Å². The lowest BCUT2D eigenvalue weighted by molar-refractivity contribution is -0.110. The molecule has 1 amide bonds. The molecular formula is C24H26N4O7S2. The summed E-state index contributed by atoms with van der Waals surface area (Å²) in [4.78, 5) is 28.3. The molecule has 13 heteroatoms. The zero-order valence-corrected chi connectivity index (χ0v) is 21.4. The molecule has 196 valence electrons. The molecule has 3 N–H and O–H groups in total. The van der Waals surface area contributed by atoms with E-state index in [-0.39, 0.29) is 40.3 Å². The number of aliphatic hydroxyl groups is 2. The van der Waals surface area contributed by atoms with Crippen LogP contribution in [0.2, 0.25) is 0 Å². The number of hydrogen-bond donors (Lipinski definition) is 3. The Labute approximate surface area is 217 Å². The van der Waals surface area contributed by atoms with Crippen molar-refractivity contribution in [3.63, 3.8) is 0 Å². The zero-order valence-electron chi connectivity index (χ0n) is 19.7. The fourth-order valence-corrected chi connectivity index (χ4v) is 6.46.